The summed E-state index contributed by atoms with van der Waals surface area (Å²) in [5, 5.41) is 0.804. The molecule has 0 heterocycles. The van der Waals surface area contributed by atoms with Gasteiger partial charge in [0, 0.05) is 10.9 Å². The molecule has 0 saturated heterocycles. The number of allylic oxidation sites excluding steroid dienone is 1. The first-order valence-electron chi connectivity index (χ1n) is 4.75. The molecule has 0 aliphatic rings. The van der Waals surface area contributed by atoms with E-state index >= 15 is 0 Å². The number of halogens is 2. The number of aryl methyl sites for hydroxylation is 2. The van der Waals surface area contributed by atoms with Crippen molar-refractivity contribution in [2.75, 3.05) is 12.5 Å². The molecule has 1 rings (SSSR count). The molecule has 82 valence electrons. The lowest BCUT2D eigenvalue weighted by Crippen LogP contribution is -1.95. The number of rotatable bonds is 4. The lowest BCUT2D eigenvalue weighted by atomic mass is 10.1. The summed E-state index contributed by atoms with van der Waals surface area (Å²) < 4.78 is 5.52. The molecule has 1 aromatic rings. The molecule has 0 bridgehead atoms. The number of alkyl halides is 1. The van der Waals surface area contributed by atoms with Crippen molar-refractivity contribution in [3.8, 4) is 5.75 Å². The molecule has 15 heavy (non-hydrogen) atoms. The molecule has 0 atom stereocenters. The number of benzene rings is 1. The average molecular weight is 245 g/mol. The van der Waals surface area contributed by atoms with Crippen LogP contribution in [0.25, 0.3) is 0 Å². The van der Waals surface area contributed by atoms with E-state index < -0.39 is 0 Å². The van der Waals surface area contributed by atoms with Crippen molar-refractivity contribution in [3.05, 3.63) is 40.4 Å². The Morgan fingerprint density at radius 2 is 1.80 bits per heavy atom. The minimum absolute atomic E-state index is 0.516. The zero-order chi connectivity index (χ0) is 11.3. The van der Waals surface area contributed by atoms with Crippen molar-refractivity contribution in [2.24, 2.45) is 0 Å². The van der Waals surface area contributed by atoms with Crippen LogP contribution in [0.3, 0.4) is 0 Å². The SMILES string of the molecule is Cc1cc(OCC=CCCl)cc(C)c1Cl. The molecule has 0 unspecified atom stereocenters. The van der Waals surface area contributed by atoms with E-state index in [9.17, 15) is 0 Å². The quantitative estimate of drug-likeness (QED) is 0.572. The van der Waals surface area contributed by atoms with Crippen molar-refractivity contribution >= 4 is 23.2 Å². The van der Waals surface area contributed by atoms with Crippen LogP contribution < -0.4 is 4.74 Å². The fraction of sp³-hybridized carbons (Fsp3) is 0.333. The molecular formula is C12H14Cl2O. The van der Waals surface area contributed by atoms with Crippen molar-refractivity contribution in [1.82, 2.24) is 0 Å². The number of hydrogen-bond acceptors (Lipinski definition) is 1. The fourth-order valence-electron chi connectivity index (χ4n) is 1.26. The number of ether oxygens (including phenoxy) is 1. The summed E-state index contributed by atoms with van der Waals surface area (Å²) in [5.74, 6) is 1.36. The third kappa shape index (κ3) is 3.77. The highest BCUT2D eigenvalue weighted by molar-refractivity contribution is 6.32. The summed E-state index contributed by atoms with van der Waals surface area (Å²) in [5.41, 5.74) is 2.07. The first-order chi connectivity index (χ1) is 7.15. The average Bonchev–Trinajstić information content (AvgIpc) is 2.21. The molecule has 0 saturated carbocycles. The van der Waals surface area contributed by atoms with Gasteiger partial charge in [-0.3, -0.25) is 0 Å². The molecular weight excluding hydrogens is 231 g/mol. The fourth-order valence-corrected chi connectivity index (χ4v) is 1.50. The van der Waals surface area contributed by atoms with Crippen LogP contribution in [0.2, 0.25) is 5.02 Å². The molecule has 1 aromatic carbocycles. The second kappa shape index (κ2) is 6.04. The van der Waals surface area contributed by atoms with Gasteiger partial charge in [0.15, 0.2) is 0 Å². The Kier molecular flexibility index (Phi) is 5.00. The minimum Gasteiger partial charge on any atom is -0.490 e. The van der Waals surface area contributed by atoms with E-state index in [4.69, 9.17) is 27.9 Å². The maximum Gasteiger partial charge on any atom is 0.120 e. The monoisotopic (exact) mass is 244 g/mol. The Balaban J connectivity index is 2.66. The first kappa shape index (κ1) is 12.4. The third-order valence-corrected chi connectivity index (χ3v) is 2.79. The van der Waals surface area contributed by atoms with Crippen LogP contribution in [0.4, 0.5) is 0 Å². The van der Waals surface area contributed by atoms with Gasteiger partial charge in [-0.05, 0) is 37.1 Å². The molecule has 0 amide bonds. The summed E-state index contributed by atoms with van der Waals surface area (Å²) in [6, 6.07) is 3.87. The second-order valence-electron chi connectivity index (χ2n) is 3.31. The van der Waals surface area contributed by atoms with Crippen molar-refractivity contribution in [2.45, 2.75) is 13.8 Å². The van der Waals surface area contributed by atoms with Gasteiger partial charge in [0.2, 0.25) is 0 Å². The van der Waals surface area contributed by atoms with E-state index in [0.29, 0.717) is 12.5 Å². The predicted octanol–water partition coefficient (Wildman–Crippen LogP) is 4.13. The molecule has 0 fully saturated rings. The van der Waals surface area contributed by atoms with Gasteiger partial charge >= 0.3 is 0 Å². The first-order valence-corrected chi connectivity index (χ1v) is 5.67. The van der Waals surface area contributed by atoms with Crippen molar-refractivity contribution in [1.29, 1.82) is 0 Å². The summed E-state index contributed by atoms with van der Waals surface area (Å²) in [7, 11) is 0. The van der Waals surface area contributed by atoms with Crippen LogP contribution in [0.5, 0.6) is 5.75 Å². The molecule has 0 aliphatic carbocycles. The minimum atomic E-state index is 0.516. The van der Waals surface area contributed by atoms with Crippen LogP contribution >= 0.6 is 23.2 Å². The molecule has 0 aliphatic heterocycles. The molecule has 0 radical (unpaired) electrons. The highest BCUT2D eigenvalue weighted by Gasteiger charge is 2.02. The lowest BCUT2D eigenvalue weighted by Gasteiger charge is -2.08. The van der Waals surface area contributed by atoms with Crippen LogP contribution in [0.1, 0.15) is 11.1 Å². The molecule has 1 nitrogen and oxygen atoms in total. The zero-order valence-corrected chi connectivity index (χ0v) is 10.4. The van der Waals surface area contributed by atoms with Crippen molar-refractivity contribution in [3.63, 3.8) is 0 Å². The summed E-state index contributed by atoms with van der Waals surface area (Å²) in [6.07, 6.45) is 3.75. The molecule has 0 aromatic heterocycles. The maximum atomic E-state index is 6.05. The molecule has 3 heteroatoms. The van der Waals surface area contributed by atoms with Crippen LogP contribution in [0, 0.1) is 13.8 Å². The largest absolute Gasteiger partial charge is 0.490 e. The van der Waals surface area contributed by atoms with Gasteiger partial charge in [-0.15, -0.1) is 11.6 Å². The van der Waals surface area contributed by atoms with Gasteiger partial charge in [-0.2, -0.15) is 0 Å². The van der Waals surface area contributed by atoms with E-state index in [1.54, 1.807) is 0 Å². The summed E-state index contributed by atoms with van der Waals surface area (Å²) in [6.45, 7) is 4.47. The standard InChI is InChI=1S/C12H14Cl2O/c1-9-7-11(8-10(2)12(9)14)15-6-4-3-5-13/h3-4,7-8H,5-6H2,1-2H3. The van der Waals surface area contributed by atoms with E-state index in [1.165, 1.54) is 0 Å². The Hall–Kier alpha value is -0.660. The highest BCUT2D eigenvalue weighted by Crippen LogP contribution is 2.25. The predicted molar refractivity (Wildman–Crippen MR) is 66.3 cm³/mol. The van der Waals surface area contributed by atoms with E-state index in [2.05, 4.69) is 0 Å². The van der Waals surface area contributed by atoms with Gasteiger partial charge in [0.25, 0.3) is 0 Å². The highest BCUT2D eigenvalue weighted by atomic mass is 35.5. The Bertz CT molecular complexity index is 336. The lowest BCUT2D eigenvalue weighted by molar-refractivity contribution is 0.362. The van der Waals surface area contributed by atoms with E-state index in [-0.39, 0.29) is 0 Å². The Labute approximate surface area is 101 Å². The Morgan fingerprint density at radius 1 is 1.20 bits per heavy atom. The third-order valence-electron chi connectivity index (χ3n) is 2.01. The summed E-state index contributed by atoms with van der Waals surface area (Å²) >= 11 is 11.5. The van der Waals surface area contributed by atoms with E-state index in [0.717, 1.165) is 21.9 Å². The van der Waals surface area contributed by atoms with Gasteiger partial charge < -0.3 is 4.74 Å². The second-order valence-corrected chi connectivity index (χ2v) is 3.99. The van der Waals surface area contributed by atoms with Crippen LogP contribution in [0.15, 0.2) is 24.3 Å². The van der Waals surface area contributed by atoms with E-state index in [1.807, 2.05) is 38.1 Å². The van der Waals surface area contributed by atoms with Crippen LogP contribution in [-0.4, -0.2) is 12.5 Å². The zero-order valence-electron chi connectivity index (χ0n) is 8.89. The smallest absolute Gasteiger partial charge is 0.120 e. The topological polar surface area (TPSA) is 9.23 Å². The Morgan fingerprint density at radius 3 is 2.33 bits per heavy atom. The normalized spacial score (nSPS) is 10.9. The maximum absolute atomic E-state index is 6.05. The van der Waals surface area contributed by atoms with Gasteiger partial charge in [0.1, 0.15) is 12.4 Å². The van der Waals surface area contributed by atoms with Crippen molar-refractivity contribution < 1.29 is 4.74 Å². The van der Waals surface area contributed by atoms with Gasteiger partial charge in [0.05, 0.1) is 0 Å². The molecule has 0 N–H and O–H groups in total. The van der Waals surface area contributed by atoms with Gasteiger partial charge in [-0.1, -0.05) is 23.8 Å². The van der Waals surface area contributed by atoms with Gasteiger partial charge in [-0.25, -0.2) is 0 Å². The van der Waals surface area contributed by atoms with Crippen LogP contribution in [-0.2, 0) is 0 Å². The molecule has 0 spiro atoms. The number of hydrogen-bond donors (Lipinski definition) is 0. The summed E-state index contributed by atoms with van der Waals surface area (Å²) in [4.78, 5) is 0.